The lowest BCUT2D eigenvalue weighted by Crippen LogP contribution is -2.40. The third-order valence-electron chi connectivity index (χ3n) is 3.49. The van der Waals surface area contributed by atoms with Crippen LogP contribution >= 0.6 is 0 Å². The fourth-order valence-electron chi connectivity index (χ4n) is 2.16. The molecule has 0 bridgehead atoms. The van der Waals surface area contributed by atoms with E-state index in [9.17, 15) is 0 Å². The fourth-order valence-corrected chi connectivity index (χ4v) is 2.16. The van der Waals surface area contributed by atoms with Crippen LogP contribution in [0.5, 0.6) is 0 Å². The minimum atomic E-state index is 0.147. The summed E-state index contributed by atoms with van der Waals surface area (Å²) in [6, 6.07) is 8.86. The third kappa shape index (κ3) is 6.92. The molecule has 0 aliphatic rings. The average Bonchev–Trinajstić information content (AvgIpc) is 2.34. The molecule has 1 N–H and O–H groups in total. The van der Waals surface area contributed by atoms with Crippen LogP contribution < -0.4 is 5.32 Å². The quantitative estimate of drug-likeness (QED) is 0.782. The maximum atomic E-state index is 3.88. The van der Waals surface area contributed by atoms with E-state index in [-0.39, 0.29) is 11.1 Å². The van der Waals surface area contributed by atoms with Crippen molar-refractivity contribution in [3.63, 3.8) is 0 Å². The number of rotatable bonds is 6. The molecule has 21 heavy (non-hydrogen) atoms. The lowest BCUT2D eigenvalue weighted by Gasteiger charge is -2.35. The first-order valence-electron chi connectivity index (χ1n) is 7.80. The molecule has 118 valence electrons. The van der Waals surface area contributed by atoms with Gasteiger partial charge in [-0.2, -0.15) is 0 Å². The number of hydrogen-bond donors (Lipinski definition) is 1. The van der Waals surface area contributed by atoms with Crippen molar-refractivity contribution < 1.29 is 0 Å². The maximum Gasteiger partial charge on any atom is 0.0242 e. The van der Waals surface area contributed by atoms with Crippen molar-refractivity contribution in [2.45, 2.75) is 65.7 Å². The first kappa shape index (κ1) is 17.9. The van der Waals surface area contributed by atoms with Crippen molar-refractivity contribution in [2.24, 2.45) is 0 Å². The van der Waals surface area contributed by atoms with Crippen molar-refractivity contribution in [3.05, 3.63) is 48.0 Å². The third-order valence-corrected chi connectivity index (χ3v) is 3.49. The summed E-state index contributed by atoms with van der Waals surface area (Å²) in [5, 5.41) is 3.54. The lowest BCUT2D eigenvalue weighted by molar-refractivity contribution is 0.145. The van der Waals surface area contributed by atoms with E-state index in [1.54, 1.807) is 0 Å². The van der Waals surface area contributed by atoms with Crippen LogP contribution in [-0.2, 0) is 13.1 Å². The lowest BCUT2D eigenvalue weighted by atomic mass is 10.0. The molecule has 2 heteroatoms. The van der Waals surface area contributed by atoms with Gasteiger partial charge >= 0.3 is 0 Å². The van der Waals surface area contributed by atoms with Crippen molar-refractivity contribution in [1.82, 2.24) is 10.2 Å². The Morgan fingerprint density at radius 3 is 2.24 bits per heavy atom. The van der Waals surface area contributed by atoms with E-state index in [1.807, 2.05) is 6.08 Å². The van der Waals surface area contributed by atoms with Gasteiger partial charge in [0.2, 0.25) is 0 Å². The van der Waals surface area contributed by atoms with Crippen LogP contribution in [0.1, 0.15) is 52.7 Å². The smallest absolute Gasteiger partial charge is 0.0242 e. The van der Waals surface area contributed by atoms with Crippen LogP contribution in [0.25, 0.3) is 0 Å². The second-order valence-corrected chi connectivity index (χ2v) is 7.76. The molecule has 2 nitrogen and oxygen atoms in total. The van der Waals surface area contributed by atoms with Crippen LogP contribution in [0.3, 0.4) is 0 Å². The number of benzene rings is 1. The molecule has 0 aliphatic carbocycles. The van der Waals surface area contributed by atoms with Crippen molar-refractivity contribution in [3.8, 4) is 0 Å². The number of nitrogens with one attached hydrogen (secondary N) is 1. The number of hydrogen-bond acceptors (Lipinski definition) is 2. The van der Waals surface area contributed by atoms with E-state index in [1.165, 1.54) is 11.1 Å². The summed E-state index contributed by atoms with van der Waals surface area (Å²) in [5.74, 6) is 0. The summed E-state index contributed by atoms with van der Waals surface area (Å²) in [6.07, 6.45) is 1.98. The maximum absolute atomic E-state index is 3.88. The Morgan fingerprint density at radius 2 is 1.71 bits per heavy atom. The molecule has 0 amide bonds. The molecule has 0 spiro atoms. The molecule has 1 aromatic rings. The van der Waals surface area contributed by atoms with Gasteiger partial charge in [0.1, 0.15) is 0 Å². The average molecular weight is 288 g/mol. The second-order valence-electron chi connectivity index (χ2n) is 7.76. The Labute approximate surface area is 131 Å². The molecule has 0 heterocycles. The minimum absolute atomic E-state index is 0.147. The predicted octanol–water partition coefficient (Wildman–Crippen LogP) is 4.36. The van der Waals surface area contributed by atoms with Gasteiger partial charge in [0, 0.05) is 30.7 Å². The molecule has 0 radical (unpaired) electrons. The molecule has 0 aromatic heterocycles. The summed E-state index contributed by atoms with van der Waals surface area (Å²) in [7, 11) is 0. The first-order valence-corrected chi connectivity index (χ1v) is 7.80. The highest BCUT2D eigenvalue weighted by Crippen LogP contribution is 2.18. The Bertz CT molecular complexity index is 449. The monoisotopic (exact) mass is 288 g/mol. The van der Waals surface area contributed by atoms with Gasteiger partial charge in [-0.25, -0.2) is 0 Å². The zero-order valence-electron chi connectivity index (χ0n) is 14.7. The SMILES string of the molecule is C=CCN(Cc1cccc(CNC(C)(C)C)c1)C(C)(C)C. The van der Waals surface area contributed by atoms with Gasteiger partial charge < -0.3 is 5.32 Å². The summed E-state index contributed by atoms with van der Waals surface area (Å²) in [5.41, 5.74) is 3.00. The van der Waals surface area contributed by atoms with Gasteiger partial charge in [-0.1, -0.05) is 30.3 Å². The van der Waals surface area contributed by atoms with E-state index < -0.39 is 0 Å². The van der Waals surface area contributed by atoms with Crippen LogP contribution in [0.15, 0.2) is 36.9 Å². The van der Waals surface area contributed by atoms with Crippen LogP contribution in [0, 0.1) is 0 Å². The Balaban J connectivity index is 2.77. The normalized spacial score (nSPS) is 12.7. The fraction of sp³-hybridized carbons (Fsp3) is 0.579. The highest BCUT2D eigenvalue weighted by molar-refractivity contribution is 5.23. The zero-order valence-corrected chi connectivity index (χ0v) is 14.7. The molecular weight excluding hydrogens is 256 g/mol. The minimum Gasteiger partial charge on any atom is -0.308 e. The first-order chi connectivity index (χ1) is 9.62. The van der Waals surface area contributed by atoms with Crippen molar-refractivity contribution >= 4 is 0 Å². The van der Waals surface area contributed by atoms with E-state index >= 15 is 0 Å². The van der Waals surface area contributed by atoms with E-state index in [0.29, 0.717) is 0 Å². The Hall–Kier alpha value is -1.12. The standard InChI is InChI=1S/C19H32N2/c1-8-12-21(19(5,6)7)15-17-11-9-10-16(13-17)14-20-18(2,3)4/h8-11,13,20H,1,12,14-15H2,2-7H3. The number of nitrogens with zero attached hydrogens (tertiary/aromatic N) is 1. The highest BCUT2D eigenvalue weighted by Gasteiger charge is 2.20. The van der Waals surface area contributed by atoms with E-state index in [2.05, 4.69) is 82.6 Å². The molecule has 0 unspecified atom stereocenters. The molecular formula is C19H32N2. The molecule has 0 fully saturated rings. The van der Waals surface area contributed by atoms with Gasteiger partial charge in [-0.05, 0) is 52.7 Å². The largest absolute Gasteiger partial charge is 0.308 e. The zero-order chi connectivity index (χ0) is 16.1. The summed E-state index contributed by atoms with van der Waals surface area (Å²) in [6.45, 7) is 20.0. The van der Waals surface area contributed by atoms with Gasteiger partial charge in [0.05, 0.1) is 0 Å². The van der Waals surface area contributed by atoms with Gasteiger partial charge in [0.25, 0.3) is 0 Å². The molecule has 0 saturated heterocycles. The molecule has 1 aromatic carbocycles. The Kier molecular flexibility index (Phi) is 6.18. The van der Waals surface area contributed by atoms with Gasteiger partial charge in [-0.3, -0.25) is 4.90 Å². The second kappa shape index (κ2) is 7.24. The van der Waals surface area contributed by atoms with Crippen LogP contribution in [-0.4, -0.2) is 22.5 Å². The van der Waals surface area contributed by atoms with Crippen LogP contribution in [0.2, 0.25) is 0 Å². The summed E-state index contributed by atoms with van der Waals surface area (Å²) < 4.78 is 0. The predicted molar refractivity (Wildman–Crippen MR) is 93.4 cm³/mol. The van der Waals surface area contributed by atoms with E-state index in [0.717, 1.165) is 19.6 Å². The van der Waals surface area contributed by atoms with Crippen molar-refractivity contribution in [2.75, 3.05) is 6.54 Å². The summed E-state index contributed by atoms with van der Waals surface area (Å²) >= 11 is 0. The van der Waals surface area contributed by atoms with E-state index in [4.69, 9.17) is 0 Å². The molecule has 0 atom stereocenters. The van der Waals surface area contributed by atoms with Crippen molar-refractivity contribution in [1.29, 1.82) is 0 Å². The van der Waals surface area contributed by atoms with Gasteiger partial charge in [-0.15, -0.1) is 6.58 Å². The topological polar surface area (TPSA) is 15.3 Å². The molecule has 1 rings (SSSR count). The highest BCUT2D eigenvalue weighted by atomic mass is 15.2. The van der Waals surface area contributed by atoms with Crippen LogP contribution in [0.4, 0.5) is 0 Å². The summed E-state index contributed by atoms with van der Waals surface area (Å²) in [4.78, 5) is 2.44. The molecule has 0 aliphatic heterocycles. The van der Waals surface area contributed by atoms with Gasteiger partial charge in [0.15, 0.2) is 0 Å². The Morgan fingerprint density at radius 1 is 1.10 bits per heavy atom. The molecule has 0 saturated carbocycles.